The average molecular weight is 246 g/mol. The van der Waals surface area contributed by atoms with Crippen LogP contribution >= 0.6 is 11.6 Å². The number of aliphatic hydroxyl groups is 1. The molecule has 0 radical (unpaired) electrons. The van der Waals surface area contributed by atoms with E-state index in [1.165, 1.54) is 12.1 Å². The third-order valence-electron chi connectivity index (χ3n) is 2.22. The molecule has 0 saturated heterocycles. The van der Waals surface area contributed by atoms with Gasteiger partial charge >= 0.3 is 0 Å². The van der Waals surface area contributed by atoms with Gasteiger partial charge in [-0.25, -0.2) is 4.39 Å². The van der Waals surface area contributed by atoms with Gasteiger partial charge in [-0.1, -0.05) is 31.5 Å². The molecule has 0 aromatic heterocycles. The van der Waals surface area contributed by atoms with Crippen LogP contribution in [0.2, 0.25) is 5.02 Å². The average Bonchev–Trinajstić information content (AvgIpc) is 2.16. The fourth-order valence-electron chi connectivity index (χ4n) is 1.44. The molecule has 1 aromatic carbocycles. The Hall–Kier alpha value is -0.640. The number of aliphatic hydroxyl groups excluding tert-OH is 1. The molecule has 1 rings (SSSR count). The highest BCUT2D eigenvalue weighted by Crippen LogP contribution is 2.25. The van der Waals surface area contributed by atoms with Gasteiger partial charge in [-0.3, -0.25) is 0 Å². The second kappa shape index (κ2) is 6.18. The van der Waals surface area contributed by atoms with E-state index in [2.05, 4.69) is 19.2 Å². The Morgan fingerprint density at radius 2 is 2.06 bits per heavy atom. The number of halogens is 2. The van der Waals surface area contributed by atoms with Crippen molar-refractivity contribution in [1.82, 2.24) is 5.32 Å². The zero-order chi connectivity index (χ0) is 12.1. The lowest BCUT2D eigenvalue weighted by Crippen LogP contribution is -2.25. The minimum Gasteiger partial charge on any atom is -0.387 e. The maximum atomic E-state index is 13.4. The molecule has 1 aromatic rings. The third kappa shape index (κ3) is 3.74. The van der Waals surface area contributed by atoms with Crippen molar-refractivity contribution in [3.05, 3.63) is 34.6 Å². The monoisotopic (exact) mass is 245 g/mol. The summed E-state index contributed by atoms with van der Waals surface area (Å²) in [7, 11) is 0. The molecule has 4 heteroatoms. The molecule has 2 nitrogen and oxygen atoms in total. The highest BCUT2D eigenvalue weighted by Gasteiger charge is 2.15. The maximum absolute atomic E-state index is 13.4. The lowest BCUT2D eigenvalue weighted by Gasteiger charge is -2.15. The first-order valence-corrected chi connectivity index (χ1v) is 5.73. The molecule has 90 valence electrons. The van der Waals surface area contributed by atoms with E-state index < -0.39 is 11.9 Å². The van der Waals surface area contributed by atoms with Crippen LogP contribution in [0.5, 0.6) is 0 Å². The smallest absolute Gasteiger partial charge is 0.130 e. The van der Waals surface area contributed by atoms with E-state index in [1.54, 1.807) is 6.07 Å². The van der Waals surface area contributed by atoms with Crippen molar-refractivity contribution in [1.29, 1.82) is 0 Å². The molecule has 0 aliphatic rings. The summed E-state index contributed by atoms with van der Waals surface area (Å²) in [6.45, 7) is 5.22. The van der Waals surface area contributed by atoms with Gasteiger partial charge in [0.1, 0.15) is 5.82 Å². The van der Waals surface area contributed by atoms with E-state index >= 15 is 0 Å². The fourth-order valence-corrected chi connectivity index (χ4v) is 1.73. The van der Waals surface area contributed by atoms with Crippen LogP contribution in [-0.4, -0.2) is 18.2 Å². The molecule has 1 unspecified atom stereocenters. The van der Waals surface area contributed by atoms with Crippen molar-refractivity contribution in [2.75, 3.05) is 13.1 Å². The molecule has 1 atom stereocenters. The number of hydrogen-bond donors (Lipinski definition) is 2. The number of benzene rings is 1. The molecule has 0 aliphatic heterocycles. The van der Waals surface area contributed by atoms with Crippen LogP contribution in [0.3, 0.4) is 0 Å². The summed E-state index contributed by atoms with van der Waals surface area (Å²) >= 11 is 5.84. The molecular formula is C12H17ClFNO. The van der Waals surface area contributed by atoms with E-state index in [9.17, 15) is 9.50 Å². The summed E-state index contributed by atoms with van der Waals surface area (Å²) in [5.41, 5.74) is 0.167. The first-order valence-electron chi connectivity index (χ1n) is 5.35. The van der Waals surface area contributed by atoms with Crippen molar-refractivity contribution in [3.63, 3.8) is 0 Å². The van der Waals surface area contributed by atoms with Crippen molar-refractivity contribution in [3.8, 4) is 0 Å². The van der Waals surface area contributed by atoms with Crippen LogP contribution in [0.15, 0.2) is 18.2 Å². The van der Waals surface area contributed by atoms with E-state index in [4.69, 9.17) is 11.6 Å². The van der Waals surface area contributed by atoms with E-state index in [-0.39, 0.29) is 10.6 Å². The minimum atomic E-state index is -0.910. The van der Waals surface area contributed by atoms with Crippen molar-refractivity contribution >= 4 is 11.6 Å². The van der Waals surface area contributed by atoms with Crippen LogP contribution < -0.4 is 5.32 Å². The SMILES string of the molecule is CC(C)CNCC(O)c1c(F)cccc1Cl. The first-order chi connectivity index (χ1) is 7.52. The topological polar surface area (TPSA) is 32.3 Å². The standard InChI is InChI=1S/C12H17ClFNO/c1-8(2)6-15-7-11(16)12-9(13)4-3-5-10(12)14/h3-5,8,11,15-16H,6-7H2,1-2H3. The highest BCUT2D eigenvalue weighted by molar-refractivity contribution is 6.31. The van der Waals surface area contributed by atoms with E-state index in [0.29, 0.717) is 12.5 Å². The van der Waals surface area contributed by atoms with E-state index in [0.717, 1.165) is 6.54 Å². The van der Waals surface area contributed by atoms with Gasteiger partial charge in [0.2, 0.25) is 0 Å². The van der Waals surface area contributed by atoms with Gasteiger partial charge in [0.15, 0.2) is 0 Å². The Morgan fingerprint density at radius 1 is 1.38 bits per heavy atom. The van der Waals surface area contributed by atoms with Gasteiger partial charge in [0.05, 0.1) is 6.10 Å². The number of rotatable bonds is 5. The zero-order valence-electron chi connectivity index (χ0n) is 9.50. The number of hydrogen-bond acceptors (Lipinski definition) is 2. The molecule has 0 fully saturated rings. The van der Waals surface area contributed by atoms with Crippen LogP contribution in [0.25, 0.3) is 0 Å². The van der Waals surface area contributed by atoms with Gasteiger partial charge < -0.3 is 10.4 Å². The maximum Gasteiger partial charge on any atom is 0.130 e. The molecule has 0 aliphatic carbocycles. The van der Waals surface area contributed by atoms with E-state index in [1.807, 2.05) is 0 Å². The molecule has 0 spiro atoms. The molecular weight excluding hydrogens is 229 g/mol. The summed E-state index contributed by atoms with van der Waals surface area (Å²) in [4.78, 5) is 0. The summed E-state index contributed by atoms with van der Waals surface area (Å²) in [5.74, 6) is 0.0228. The van der Waals surface area contributed by atoms with Crippen molar-refractivity contribution in [2.24, 2.45) is 5.92 Å². The Labute approximate surface area is 100 Å². The quantitative estimate of drug-likeness (QED) is 0.836. The molecule has 16 heavy (non-hydrogen) atoms. The van der Waals surface area contributed by atoms with Gasteiger partial charge in [-0.05, 0) is 24.6 Å². The Kier molecular flexibility index (Phi) is 5.19. The fraction of sp³-hybridized carbons (Fsp3) is 0.500. The Balaban J connectivity index is 2.62. The number of nitrogens with one attached hydrogen (secondary N) is 1. The van der Waals surface area contributed by atoms with Crippen LogP contribution in [0.1, 0.15) is 25.5 Å². The normalized spacial score (nSPS) is 13.1. The molecule has 0 bridgehead atoms. The van der Waals surface area contributed by atoms with Crippen molar-refractivity contribution in [2.45, 2.75) is 20.0 Å². The Morgan fingerprint density at radius 3 is 2.62 bits per heavy atom. The molecule has 0 saturated carbocycles. The highest BCUT2D eigenvalue weighted by atomic mass is 35.5. The second-order valence-electron chi connectivity index (χ2n) is 4.20. The Bertz CT molecular complexity index is 324. The van der Waals surface area contributed by atoms with Gasteiger partial charge in [0.25, 0.3) is 0 Å². The van der Waals surface area contributed by atoms with Crippen molar-refractivity contribution < 1.29 is 9.50 Å². The van der Waals surface area contributed by atoms with Crippen LogP contribution in [0, 0.1) is 11.7 Å². The van der Waals surface area contributed by atoms with Gasteiger partial charge in [-0.15, -0.1) is 0 Å². The summed E-state index contributed by atoms with van der Waals surface area (Å²) in [6, 6.07) is 4.40. The summed E-state index contributed by atoms with van der Waals surface area (Å²) in [5, 5.41) is 13.1. The third-order valence-corrected chi connectivity index (χ3v) is 2.55. The summed E-state index contributed by atoms with van der Waals surface area (Å²) < 4.78 is 13.4. The van der Waals surface area contributed by atoms with Crippen LogP contribution in [0.4, 0.5) is 4.39 Å². The first kappa shape index (κ1) is 13.4. The predicted octanol–water partition coefficient (Wildman–Crippen LogP) is 2.76. The van der Waals surface area contributed by atoms with Crippen LogP contribution in [-0.2, 0) is 0 Å². The lowest BCUT2D eigenvalue weighted by molar-refractivity contribution is 0.169. The predicted molar refractivity (Wildman–Crippen MR) is 64.1 cm³/mol. The largest absolute Gasteiger partial charge is 0.387 e. The zero-order valence-corrected chi connectivity index (χ0v) is 10.3. The molecule has 0 amide bonds. The van der Waals surface area contributed by atoms with Gasteiger partial charge in [-0.2, -0.15) is 0 Å². The lowest BCUT2D eigenvalue weighted by atomic mass is 10.1. The van der Waals surface area contributed by atoms with Gasteiger partial charge in [0, 0.05) is 17.1 Å². The minimum absolute atomic E-state index is 0.167. The molecule has 2 N–H and O–H groups in total. The second-order valence-corrected chi connectivity index (χ2v) is 4.61. The summed E-state index contributed by atoms with van der Waals surface area (Å²) in [6.07, 6.45) is -0.910. The molecule has 0 heterocycles.